The predicted octanol–water partition coefficient (Wildman–Crippen LogP) is -1.80. The van der Waals surface area contributed by atoms with Crippen LogP contribution in [0.15, 0.2) is 42.5 Å². The molecule has 2 aromatic rings. The third-order valence-electron chi connectivity index (χ3n) is 2.03. The average Bonchev–Trinajstić information content (AvgIpc) is 2.18. The van der Waals surface area contributed by atoms with Crippen LogP contribution in [0.3, 0.4) is 0 Å². The minimum Gasteiger partial charge on any atom is -1.00 e. The second-order valence-corrected chi connectivity index (χ2v) is 2.91. The minimum atomic E-state index is 0. The SMILES string of the molecule is O=C[NH2+]c1ccc2ccccc2c1.[Cl-]. The summed E-state index contributed by atoms with van der Waals surface area (Å²) >= 11 is 0. The van der Waals surface area contributed by atoms with Crippen LogP contribution in [0.2, 0.25) is 0 Å². The van der Waals surface area contributed by atoms with Crippen molar-refractivity contribution in [3.63, 3.8) is 0 Å². The number of quaternary nitrogens is 1. The van der Waals surface area contributed by atoms with Gasteiger partial charge in [0.25, 0.3) is 0 Å². The lowest BCUT2D eigenvalue weighted by atomic mass is 10.1. The van der Waals surface area contributed by atoms with Crippen molar-refractivity contribution >= 4 is 22.9 Å². The maximum atomic E-state index is 10.3. The molecule has 0 aliphatic heterocycles. The van der Waals surface area contributed by atoms with Crippen molar-refractivity contribution in [2.45, 2.75) is 0 Å². The normalized spacial score (nSPS) is 9.43. The monoisotopic (exact) mass is 207 g/mol. The van der Waals surface area contributed by atoms with Crippen LogP contribution in [0, 0.1) is 0 Å². The summed E-state index contributed by atoms with van der Waals surface area (Å²) in [4.78, 5) is 10.3. The first-order chi connectivity index (χ1) is 6.40. The summed E-state index contributed by atoms with van der Waals surface area (Å²) in [5.74, 6) is 0. The highest BCUT2D eigenvalue weighted by atomic mass is 35.5. The van der Waals surface area contributed by atoms with Crippen molar-refractivity contribution in [3.8, 4) is 0 Å². The van der Waals surface area contributed by atoms with Crippen molar-refractivity contribution in [2.24, 2.45) is 0 Å². The Hall–Kier alpha value is -1.38. The highest BCUT2D eigenvalue weighted by Gasteiger charge is 1.96. The number of fused-ring (bicyclic) bond motifs is 1. The molecule has 0 atom stereocenters. The molecule has 0 saturated carbocycles. The minimum absolute atomic E-state index is 0. The van der Waals surface area contributed by atoms with Crippen LogP contribution in [0.4, 0.5) is 5.69 Å². The van der Waals surface area contributed by atoms with E-state index in [4.69, 9.17) is 0 Å². The van der Waals surface area contributed by atoms with E-state index in [0.29, 0.717) is 0 Å². The molecule has 14 heavy (non-hydrogen) atoms. The summed E-state index contributed by atoms with van der Waals surface area (Å²) < 4.78 is 0. The van der Waals surface area contributed by atoms with Crippen molar-refractivity contribution in [2.75, 3.05) is 0 Å². The predicted molar refractivity (Wildman–Crippen MR) is 51.6 cm³/mol. The van der Waals surface area contributed by atoms with E-state index in [1.54, 1.807) is 5.32 Å². The molecule has 3 heteroatoms. The van der Waals surface area contributed by atoms with Crippen LogP contribution in [-0.4, -0.2) is 6.41 Å². The summed E-state index contributed by atoms with van der Waals surface area (Å²) in [5, 5.41) is 3.93. The van der Waals surface area contributed by atoms with Crippen LogP contribution < -0.4 is 17.7 Å². The first-order valence-corrected chi connectivity index (χ1v) is 4.17. The number of amides is 1. The van der Waals surface area contributed by atoms with Crippen LogP contribution in [0.5, 0.6) is 0 Å². The molecule has 2 nitrogen and oxygen atoms in total. The van der Waals surface area contributed by atoms with Gasteiger partial charge in [-0.25, -0.2) is 4.79 Å². The van der Waals surface area contributed by atoms with E-state index in [0.717, 1.165) is 17.5 Å². The lowest BCUT2D eigenvalue weighted by Crippen LogP contribution is -3.00. The van der Waals surface area contributed by atoms with Crippen molar-refractivity contribution < 1.29 is 22.5 Å². The Bertz CT molecular complexity index is 442. The van der Waals surface area contributed by atoms with Gasteiger partial charge in [0, 0.05) is 12.1 Å². The third-order valence-corrected chi connectivity index (χ3v) is 2.03. The Morgan fingerprint density at radius 1 is 1.00 bits per heavy atom. The molecule has 0 bridgehead atoms. The number of hydrogen-bond acceptors (Lipinski definition) is 1. The lowest BCUT2D eigenvalue weighted by Gasteiger charge is -1.97. The number of carbonyl (C=O) groups excluding carboxylic acids is 1. The summed E-state index contributed by atoms with van der Waals surface area (Å²) in [6.45, 7) is 0. The van der Waals surface area contributed by atoms with Gasteiger partial charge in [0.15, 0.2) is 0 Å². The zero-order valence-electron chi connectivity index (χ0n) is 7.48. The number of carbonyl (C=O) groups is 1. The van der Waals surface area contributed by atoms with E-state index >= 15 is 0 Å². The Morgan fingerprint density at radius 2 is 1.71 bits per heavy atom. The fourth-order valence-electron chi connectivity index (χ4n) is 1.39. The number of hydrogen-bond donors (Lipinski definition) is 1. The smallest absolute Gasteiger partial charge is 0.303 e. The van der Waals surface area contributed by atoms with E-state index in [2.05, 4.69) is 6.07 Å². The topological polar surface area (TPSA) is 33.7 Å². The molecule has 0 saturated heterocycles. The van der Waals surface area contributed by atoms with Crippen molar-refractivity contribution in [3.05, 3.63) is 42.5 Å². The van der Waals surface area contributed by atoms with Gasteiger partial charge in [-0.1, -0.05) is 24.3 Å². The van der Waals surface area contributed by atoms with E-state index in [9.17, 15) is 4.79 Å². The fourth-order valence-corrected chi connectivity index (χ4v) is 1.39. The van der Waals surface area contributed by atoms with Crippen LogP contribution in [-0.2, 0) is 4.79 Å². The van der Waals surface area contributed by atoms with Gasteiger partial charge in [-0.05, 0) is 16.8 Å². The van der Waals surface area contributed by atoms with Gasteiger partial charge in [0.1, 0.15) is 5.69 Å². The molecule has 0 fully saturated rings. The maximum Gasteiger partial charge on any atom is 0.303 e. The van der Waals surface area contributed by atoms with Crippen LogP contribution >= 0.6 is 0 Å². The molecule has 0 aliphatic rings. The molecule has 0 unspecified atom stereocenters. The van der Waals surface area contributed by atoms with Crippen molar-refractivity contribution in [1.29, 1.82) is 0 Å². The van der Waals surface area contributed by atoms with E-state index in [1.807, 2.05) is 36.4 Å². The Labute approximate surface area is 88.3 Å². The highest BCUT2D eigenvalue weighted by Crippen LogP contribution is 2.15. The maximum absolute atomic E-state index is 10.3. The van der Waals surface area contributed by atoms with Crippen LogP contribution in [0.25, 0.3) is 10.8 Å². The Kier molecular flexibility index (Phi) is 3.63. The quantitative estimate of drug-likeness (QED) is 0.458. The number of nitrogens with two attached hydrogens (primary N) is 1. The second-order valence-electron chi connectivity index (χ2n) is 2.91. The molecule has 0 aliphatic carbocycles. The summed E-state index contributed by atoms with van der Waals surface area (Å²) in [6, 6.07) is 14.1. The van der Waals surface area contributed by atoms with Gasteiger partial charge in [0.05, 0.1) is 0 Å². The average molecular weight is 208 g/mol. The number of primary amides is 1. The summed E-state index contributed by atoms with van der Waals surface area (Å²) in [7, 11) is 0. The molecule has 2 N–H and O–H groups in total. The van der Waals surface area contributed by atoms with Gasteiger partial charge in [0.2, 0.25) is 0 Å². The summed E-state index contributed by atoms with van der Waals surface area (Å²) in [5.41, 5.74) is 0.953. The van der Waals surface area contributed by atoms with Gasteiger partial charge in [-0.15, -0.1) is 0 Å². The molecule has 0 aromatic heterocycles. The van der Waals surface area contributed by atoms with Crippen LogP contribution in [0.1, 0.15) is 0 Å². The Morgan fingerprint density at radius 3 is 2.43 bits per heavy atom. The molecular formula is C11H10ClNO. The zero-order valence-corrected chi connectivity index (χ0v) is 8.24. The van der Waals surface area contributed by atoms with Gasteiger partial charge in [-0.3, -0.25) is 5.32 Å². The fraction of sp³-hybridized carbons (Fsp3) is 0. The first-order valence-electron chi connectivity index (χ1n) is 4.17. The largest absolute Gasteiger partial charge is 1.00 e. The zero-order chi connectivity index (χ0) is 9.10. The molecule has 0 radical (unpaired) electrons. The number of halogens is 1. The second kappa shape index (κ2) is 4.74. The molecule has 0 heterocycles. The summed E-state index contributed by atoms with van der Waals surface area (Å²) in [6.07, 6.45) is 0.810. The standard InChI is InChI=1S/C11H9NO.ClH/c13-8-12-11-6-5-9-3-1-2-4-10(9)7-11;/h1-8H,(H,12,13);1H. The number of rotatable bonds is 2. The van der Waals surface area contributed by atoms with Gasteiger partial charge in [-0.2, -0.15) is 0 Å². The first kappa shape index (κ1) is 10.7. The Balaban J connectivity index is 0.000000980. The molecule has 72 valence electrons. The lowest BCUT2D eigenvalue weighted by molar-refractivity contribution is -0.466. The third kappa shape index (κ3) is 2.10. The van der Waals surface area contributed by atoms with E-state index in [1.165, 1.54) is 5.39 Å². The van der Waals surface area contributed by atoms with Crippen molar-refractivity contribution in [1.82, 2.24) is 0 Å². The molecule has 2 rings (SSSR count). The molecule has 2 aromatic carbocycles. The van der Waals surface area contributed by atoms with E-state index in [-0.39, 0.29) is 12.4 Å². The van der Waals surface area contributed by atoms with Gasteiger partial charge >= 0.3 is 6.41 Å². The molecule has 0 spiro atoms. The van der Waals surface area contributed by atoms with Gasteiger partial charge < -0.3 is 12.4 Å². The van der Waals surface area contributed by atoms with E-state index < -0.39 is 0 Å². The molecular weight excluding hydrogens is 198 g/mol. The number of benzene rings is 2. The highest BCUT2D eigenvalue weighted by molar-refractivity contribution is 5.84. The molecule has 1 amide bonds.